The van der Waals surface area contributed by atoms with Crippen molar-refractivity contribution in [1.29, 1.82) is 0 Å². The molecule has 158 valence electrons. The number of methoxy groups -OCH3 is 1. The Kier molecular flexibility index (Phi) is 4.94. The summed E-state index contributed by atoms with van der Waals surface area (Å²) in [6.07, 6.45) is 5.93. The number of hydrogen-bond acceptors (Lipinski definition) is 6. The summed E-state index contributed by atoms with van der Waals surface area (Å²) in [5.41, 5.74) is 14.0. The van der Waals surface area contributed by atoms with Gasteiger partial charge in [0, 0.05) is 30.6 Å². The third-order valence-electron chi connectivity index (χ3n) is 6.10. The summed E-state index contributed by atoms with van der Waals surface area (Å²) in [6.45, 7) is 1.58. The first-order chi connectivity index (χ1) is 15.2. The van der Waals surface area contributed by atoms with Gasteiger partial charge in [-0.05, 0) is 48.2 Å². The number of carbonyl (C=O) groups excluding carboxylic acids is 1. The number of nitrogens with zero attached hydrogens (tertiary/aromatic N) is 3. The van der Waals surface area contributed by atoms with Gasteiger partial charge in [-0.2, -0.15) is 5.10 Å². The maximum Gasteiger partial charge on any atom is 0.255 e. The van der Waals surface area contributed by atoms with Crippen molar-refractivity contribution >= 4 is 29.1 Å². The first-order valence-corrected chi connectivity index (χ1v) is 10.6. The van der Waals surface area contributed by atoms with Crippen molar-refractivity contribution in [2.75, 3.05) is 25.9 Å². The van der Waals surface area contributed by atoms with Gasteiger partial charge in [-0.15, -0.1) is 0 Å². The molecule has 3 aliphatic rings. The van der Waals surface area contributed by atoms with Gasteiger partial charge < -0.3 is 15.4 Å². The highest BCUT2D eigenvalue weighted by Crippen LogP contribution is 2.32. The number of nitrogens with one attached hydrogen (secondary N) is 1. The third-order valence-corrected chi connectivity index (χ3v) is 6.10. The maximum absolute atomic E-state index is 12.9. The number of benzene rings is 2. The van der Waals surface area contributed by atoms with Crippen molar-refractivity contribution in [3.63, 3.8) is 0 Å². The highest BCUT2D eigenvalue weighted by atomic mass is 16.5. The second-order valence-corrected chi connectivity index (χ2v) is 8.00. The number of hydrogen-bond donors (Lipinski definition) is 2. The molecule has 2 aromatic carbocycles. The van der Waals surface area contributed by atoms with Crippen molar-refractivity contribution < 1.29 is 9.53 Å². The number of dihydropyridines is 1. The number of anilines is 1. The van der Waals surface area contributed by atoms with Crippen LogP contribution in [0.4, 0.5) is 5.69 Å². The molecule has 0 spiro atoms. The Labute approximate surface area is 181 Å². The maximum atomic E-state index is 12.9. The number of likely N-dealkylation sites (tertiary alicyclic amines) is 1. The van der Waals surface area contributed by atoms with Crippen molar-refractivity contribution in [3.8, 4) is 5.75 Å². The van der Waals surface area contributed by atoms with Gasteiger partial charge in [0.15, 0.2) is 0 Å². The van der Waals surface area contributed by atoms with Crippen LogP contribution in [0.2, 0.25) is 0 Å². The molecule has 5 rings (SSSR count). The van der Waals surface area contributed by atoms with E-state index >= 15 is 0 Å². The number of allylic oxidation sites excluding steroid dienone is 1. The number of carbonyl (C=O) groups is 1. The fourth-order valence-corrected chi connectivity index (χ4v) is 4.41. The summed E-state index contributed by atoms with van der Waals surface area (Å²) in [6, 6.07) is 13.5. The number of fused-ring (bicyclic) bond motifs is 1. The molecule has 2 unspecified atom stereocenters. The van der Waals surface area contributed by atoms with E-state index < -0.39 is 0 Å². The summed E-state index contributed by atoms with van der Waals surface area (Å²) in [4.78, 5) is 19.5. The lowest BCUT2D eigenvalue weighted by Crippen LogP contribution is -2.30. The van der Waals surface area contributed by atoms with Gasteiger partial charge in [0.1, 0.15) is 11.9 Å². The fourth-order valence-electron chi connectivity index (χ4n) is 4.41. The largest absolute Gasteiger partial charge is 0.496 e. The van der Waals surface area contributed by atoms with Crippen molar-refractivity contribution in [3.05, 3.63) is 65.2 Å². The quantitative estimate of drug-likeness (QED) is 0.751. The van der Waals surface area contributed by atoms with Crippen LogP contribution in [0.1, 0.15) is 34.3 Å². The number of rotatable bonds is 4. The van der Waals surface area contributed by atoms with Gasteiger partial charge in [0.2, 0.25) is 0 Å². The minimum absolute atomic E-state index is 0.00174. The van der Waals surface area contributed by atoms with Crippen molar-refractivity contribution in [2.24, 2.45) is 16.0 Å². The molecule has 1 fully saturated rings. The average Bonchev–Trinajstić information content (AvgIpc) is 3.49. The van der Waals surface area contributed by atoms with E-state index in [2.05, 4.69) is 21.6 Å². The Morgan fingerprint density at radius 3 is 2.81 bits per heavy atom. The number of hydrazone groups is 1. The summed E-state index contributed by atoms with van der Waals surface area (Å²) >= 11 is 0. The van der Waals surface area contributed by atoms with Crippen molar-refractivity contribution in [2.45, 2.75) is 19.0 Å². The van der Waals surface area contributed by atoms with Crippen LogP contribution < -0.4 is 15.9 Å². The minimum Gasteiger partial charge on any atom is -0.496 e. The lowest BCUT2D eigenvalue weighted by molar-refractivity contribution is 0.0794. The zero-order chi connectivity index (χ0) is 21.4. The summed E-state index contributed by atoms with van der Waals surface area (Å²) in [7, 11) is 1.66. The van der Waals surface area contributed by atoms with E-state index in [9.17, 15) is 4.79 Å². The smallest absolute Gasteiger partial charge is 0.255 e. The van der Waals surface area contributed by atoms with Crippen LogP contribution >= 0.6 is 0 Å². The van der Waals surface area contributed by atoms with E-state index in [1.807, 2.05) is 53.6 Å². The molecule has 2 aromatic rings. The number of nitrogens with two attached hydrogens (primary N) is 1. The predicted octanol–water partition coefficient (Wildman–Crippen LogP) is 2.93. The molecular formula is C24H25N5O2. The monoisotopic (exact) mass is 415 g/mol. The van der Waals surface area contributed by atoms with Crippen LogP contribution in [0.5, 0.6) is 5.75 Å². The van der Waals surface area contributed by atoms with Crippen LogP contribution in [0.3, 0.4) is 0 Å². The standard InChI is InChI=1S/C24H25N5O2/c1-31-21-7-3-2-6-17(21)22-19-13-16(14-26-23(19)28-27-22)15-8-9-20(25)18(12-15)24(30)29-10-4-5-11-29/h2-3,6-9,12-14,19,23,28H,4-5,10-11,25H2,1H3. The van der Waals surface area contributed by atoms with E-state index in [0.29, 0.717) is 11.3 Å². The Bertz CT molecular complexity index is 1110. The average molecular weight is 415 g/mol. The molecule has 0 saturated carbocycles. The minimum atomic E-state index is -0.150. The Hall–Kier alpha value is -3.61. The summed E-state index contributed by atoms with van der Waals surface area (Å²) in [5.74, 6) is 0.743. The molecule has 3 N–H and O–H groups in total. The zero-order valence-electron chi connectivity index (χ0n) is 17.4. The predicted molar refractivity (Wildman–Crippen MR) is 122 cm³/mol. The molecule has 1 amide bonds. The number of amides is 1. The molecular weight excluding hydrogens is 390 g/mol. The Morgan fingerprint density at radius 1 is 1.19 bits per heavy atom. The highest BCUT2D eigenvalue weighted by molar-refractivity contribution is 6.15. The number of aliphatic imine (C=N–C) groups is 1. The summed E-state index contributed by atoms with van der Waals surface area (Å²) < 4.78 is 5.53. The number of para-hydroxylation sites is 1. The van der Waals surface area contributed by atoms with E-state index in [4.69, 9.17) is 10.5 Å². The molecule has 0 radical (unpaired) electrons. The van der Waals surface area contributed by atoms with Crippen LogP contribution in [0, 0.1) is 5.92 Å². The molecule has 2 atom stereocenters. The van der Waals surface area contributed by atoms with E-state index in [1.165, 1.54) is 0 Å². The molecule has 7 nitrogen and oxygen atoms in total. The zero-order valence-corrected chi connectivity index (χ0v) is 17.4. The van der Waals surface area contributed by atoms with Crippen LogP contribution in [-0.4, -0.2) is 49.1 Å². The molecule has 7 heteroatoms. The van der Waals surface area contributed by atoms with Gasteiger partial charge in [0.05, 0.1) is 24.3 Å². The first-order valence-electron chi connectivity index (χ1n) is 10.6. The normalized spacial score (nSPS) is 21.9. The van der Waals surface area contributed by atoms with Crippen LogP contribution in [-0.2, 0) is 0 Å². The molecule has 0 bridgehead atoms. The molecule has 1 saturated heterocycles. The number of nitrogen functional groups attached to an aromatic ring is 1. The molecule has 31 heavy (non-hydrogen) atoms. The molecule has 0 aromatic heterocycles. The second kappa shape index (κ2) is 7.91. The SMILES string of the molecule is COc1ccccc1C1=NNC2N=CC(c3ccc(N)c(C(=O)N4CCCC4)c3)=CC12. The lowest BCUT2D eigenvalue weighted by Gasteiger charge is -2.21. The highest BCUT2D eigenvalue weighted by Gasteiger charge is 2.34. The number of ether oxygens (including phenoxy) is 1. The molecule has 3 heterocycles. The molecule has 0 aliphatic carbocycles. The van der Waals surface area contributed by atoms with Crippen LogP contribution in [0.25, 0.3) is 5.57 Å². The van der Waals surface area contributed by atoms with E-state index in [1.54, 1.807) is 7.11 Å². The fraction of sp³-hybridized carbons (Fsp3) is 0.292. The van der Waals surface area contributed by atoms with E-state index in [0.717, 1.165) is 54.1 Å². The van der Waals surface area contributed by atoms with Crippen molar-refractivity contribution in [1.82, 2.24) is 10.3 Å². The van der Waals surface area contributed by atoms with Gasteiger partial charge in [-0.1, -0.05) is 24.3 Å². The van der Waals surface area contributed by atoms with E-state index in [-0.39, 0.29) is 18.0 Å². The first kappa shape index (κ1) is 19.4. The second-order valence-electron chi connectivity index (χ2n) is 8.00. The third kappa shape index (κ3) is 3.46. The lowest BCUT2D eigenvalue weighted by atomic mass is 9.89. The van der Waals surface area contributed by atoms with Crippen LogP contribution in [0.15, 0.2) is 58.6 Å². The summed E-state index contributed by atoms with van der Waals surface area (Å²) in [5, 5.41) is 4.55. The van der Waals surface area contributed by atoms with Gasteiger partial charge in [0.25, 0.3) is 5.91 Å². The van der Waals surface area contributed by atoms with Gasteiger partial charge in [-0.3, -0.25) is 15.2 Å². The topological polar surface area (TPSA) is 92.3 Å². The Morgan fingerprint density at radius 2 is 2.00 bits per heavy atom. The molecule has 3 aliphatic heterocycles. The Balaban J connectivity index is 1.48. The van der Waals surface area contributed by atoms with Gasteiger partial charge >= 0.3 is 0 Å². The van der Waals surface area contributed by atoms with Gasteiger partial charge in [-0.25, -0.2) is 0 Å².